The van der Waals surface area contributed by atoms with Crippen LogP contribution in [0.1, 0.15) is 36.1 Å². The Morgan fingerprint density at radius 1 is 1.35 bits per heavy atom. The summed E-state index contributed by atoms with van der Waals surface area (Å²) in [4.78, 5) is 0. The molecule has 1 heterocycles. The van der Waals surface area contributed by atoms with Crippen molar-refractivity contribution in [3.8, 4) is 0 Å². The van der Waals surface area contributed by atoms with Crippen molar-refractivity contribution in [2.45, 2.75) is 39.3 Å². The minimum absolute atomic E-state index is 0.0215. The number of hydrogen-bond donors (Lipinski definition) is 1. The number of aryl methyl sites for hydroxylation is 2. The second-order valence-electron chi connectivity index (χ2n) is 5.12. The Morgan fingerprint density at radius 3 is 2.59 bits per heavy atom. The van der Waals surface area contributed by atoms with Crippen LogP contribution in [0, 0.1) is 19.8 Å². The lowest BCUT2D eigenvalue weighted by Crippen LogP contribution is -2.22. The van der Waals surface area contributed by atoms with Crippen LogP contribution in [0.2, 0.25) is 5.02 Å². The van der Waals surface area contributed by atoms with Crippen LogP contribution in [-0.4, -0.2) is 12.7 Å². The molecule has 0 aliphatic carbocycles. The van der Waals surface area contributed by atoms with E-state index in [9.17, 15) is 0 Å². The Bertz CT molecular complexity index is 419. The van der Waals surface area contributed by atoms with Gasteiger partial charge in [0, 0.05) is 17.0 Å². The SMILES string of the molecule is Cc1cc(Cl)c(C(N)C2COC(C)C2)cc1C. The van der Waals surface area contributed by atoms with Crippen LogP contribution in [0.15, 0.2) is 12.1 Å². The van der Waals surface area contributed by atoms with Gasteiger partial charge in [-0.05, 0) is 49.9 Å². The number of nitrogens with two attached hydrogens (primary N) is 1. The van der Waals surface area contributed by atoms with Gasteiger partial charge in [-0.1, -0.05) is 17.7 Å². The standard InChI is InChI=1S/C14H20ClNO/c1-8-4-12(13(15)5-9(8)2)14(16)11-6-10(3)17-7-11/h4-5,10-11,14H,6-7,16H2,1-3H3. The fourth-order valence-corrected chi connectivity index (χ4v) is 2.76. The molecule has 3 heteroatoms. The van der Waals surface area contributed by atoms with Crippen LogP contribution in [0.4, 0.5) is 0 Å². The van der Waals surface area contributed by atoms with Crippen LogP contribution < -0.4 is 5.73 Å². The van der Waals surface area contributed by atoms with E-state index in [0.717, 1.165) is 23.6 Å². The predicted octanol–water partition coefficient (Wildman–Crippen LogP) is 3.38. The molecule has 3 unspecified atom stereocenters. The van der Waals surface area contributed by atoms with E-state index >= 15 is 0 Å². The van der Waals surface area contributed by atoms with E-state index in [1.54, 1.807) is 0 Å². The highest BCUT2D eigenvalue weighted by Gasteiger charge is 2.29. The maximum Gasteiger partial charge on any atom is 0.0551 e. The van der Waals surface area contributed by atoms with Crippen molar-refractivity contribution in [2.24, 2.45) is 11.7 Å². The van der Waals surface area contributed by atoms with Gasteiger partial charge in [-0.2, -0.15) is 0 Å². The summed E-state index contributed by atoms with van der Waals surface area (Å²) in [6.45, 7) is 6.99. The molecule has 17 heavy (non-hydrogen) atoms. The third kappa shape index (κ3) is 2.65. The molecule has 0 spiro atoms. The highest BCUT2D eigenvalue weighted by atomic mass is 35.5. The molecule has 1 aliphatic heterocycles. The summed E-state index contributed by atoms with van der Waals surface area (Å²) in [7, 11) is 0. The van der Waals surface area contributed by atoms with E-state index in [1.165, 1.54) is 11.1 Å². The molecule has 1 aromatic rings. The number of rotatable bonds is 2. The average molecular weight is 254 g/mol. The van der Waals surface area contributed by atoms with Crippen LogP contribution in [0.25, 0.3) is 0 Å². The second-order valence-corrected chi connectivity index (χ2v) is 5.53. The fraction of sp³-hybridized carbons (Fsp3) is 0.571. The zero-order chi connectivity index (χ0) is 12.6. The number of benzene rings is 1. The van der Waals surface area contributed by atoms with Gasteiger partial charge >= 0.3 is 0 Å². The van der Waals surface area contributed by atoms with Crippen molar-refractivity contribution >= 4 is 11.6 Å². The van der Waals surface area contributed by atoms with Crippen molar-refractivity contribution in [1.29, 1.82) is 0 Å². The zero-order valence-electron chi connectivity index (χ0n) is 10.7. The maximum atomic E-state index is 6.32. The molecule has 1 aromatic carbocycles. The first kappa shape index (κ1) is 12.9. The van der Waals surface area contributed by atoms with Crippen molar-refractivity contribution in [3.63, 3.8) is 0 Å². The Morgan fingerprint density at radius 2 is 2.00 bits per heavy atom. The summed E-state index contributed by atoms with van der Waals surface area (Å²) >= 11 is 6.29. The molecule has 2 rings (SSSR count). The van der Waals surface area contributed by atoms with Gasteiger partial charge in [0.1, 0.15) is 0 Å². The average Bonchev–Trinajstić information content (AvgIpc) is 2.69. The van der Waals surface area contributed by atoms with E-state index in [1.807, 2.05) is 6.07 Å². The summed E-state index contributed by atoms with van der Waals surface area (Å²) in [5, 5.41) is 0.778. The molecular weight excluding hydrogens is 234 g/mol. The van der Waals surface area contributed by atoms with Gasteiger partial charge in [0.2, 0.25) is 0 Å². The lowest BCUT2D eigenvalue weighted by Gasteiger charge is -2.20. The summed E-state index contributed by atoms with van der Waals surface area (Å²) < 4.78 is 5.58. The number of hydrogen-bond acceptors (Lipinski definition) is 2. The highest BCUT2D eigenvalue weighted by Crippen LogP contribution is 2.34. The molecule has 3 atom stereocenters. The van der Waals surface area contributed by atoms with Gasteiger partial charge < -0.3 is 10.5 Å². The Hall–Kier alpha value is -0.570. The van der Waals surface area contributed by atoms with Crippen LogP contribution in [0.3, 0.4) is 0 Å². The lowest BCUT2D eigenvalue weighted by atomic mass is 9.90. The van der Waals surface area contributed by atoms with Crippen molar-refractivity contribution in [1.82, 2.24) is 0 Å². The van der Waals surface area contributed by atoms with E-state index in [0.29, 0.717) is 12.0 Å². The summed E-state index contributed by atoms with van der Waals surface area (Å²) in [5.74, 6) is 0.379. The molecular formula is C14H20ClNO. The third-order valence-corrected chi connectivity index (χ3v) is 4.04. The van der Waals surface area contributed by atoms with Crippen molar-refractivity contribution in [3.05, 3.63) is 33.8 Å². The normalized spacial score (nSPS) is 26.2. The minimum Gasteiger partial charge on any atom is -0.378 e. The van der Waals surface area contributed by atoms with Crippen molar-refractivity contribution < 1.29 is 4.74 Å². The quantitative estimate of drug-likeness (QED) is 0.877. The Labute approximate surface area is 108 Å². The topological polar surface area (TPSA) is 35.2 Å². The molecule has 2 N–H and O–H groups in total. The lowest BCUT2D eigenvalue weighted by molar-refractivity contribution is 0.118. The number of ether oxygens (including phenoxy) is 1. The molecule has 1 fully saturated rings. The predicted molar refractivity (Wildman–Crippen MR) is 71.4 cm³/mol. The monoisotopic (exact) mass is 253 g/mol. The van der Waals surface area contributed by atoms with Crippen molar-refractivity contribution in [2.75, 3.05) is 6.61 Å². The first-order chi connectivity index (χ1) is 7.99. The van der Waals surface area contributed by atoms with Crippen LogP contribution in [-0.2, 0) is 4.74 Å². The van der Waals surface area contributed by atoms with E-state index < -0.39 is 0 Å². The largest absolute Gasteiger partial charge is 0.378 e. The summed E-state index contributed by atoms with van der Waals surface area (Å²) in [5.41, 5.74) is 9.82. The second kappa shape index (κ2) is 4.97. The molecule has 0 aromatic heterocycles. The Kier molecular flexibility index (Phi) is 3.76. The zero-order valence-corrected chi connectivity index (χ0v) is 11.4. The van der Waals surface area contributed by atoms with Gasteiger partial charge in [-0.25, -0.2) is 0 Å². The fourth-order valence-electron chi connectivity index (χ4n) is 2.41. The van der Waals surface area contributed by atoms with Crippen LogP contribution in [0.5, 0.6) is 0 Å². The van der Waals surface area contributed by atoms with Gasteiger partial charge in [0.15, 0.2) is 0 Å². The van der Waals surface area contributed by atoms with Crippen LogP contribution >= 0.6 is 11.6 Å². The third-order valence-electron chi connectivity index (χ3n) is 3.71. The van der Waals surface area contributed by atoms with E-state index in [-0.39, 0.29) is 6.04 Å². The number of halogens is 1. The summed E-state index contributed by atoms with van der Waals surface area (Å²) in [6.07, 6.45) is 1.33. The highest BCUT2D eigenvalue weighted by molar-refractivity contribution is 6.31. The van der Waals surface area contributed by atoms with Gasteiger partial charge in [-0.3, -0.25) is 0 Å². The van der Waals surface area contributed by atoms with E-state index in [2.05, 4.69) is 26.8 Å². The molecule has 94 valence electrons. The molecule has 1 aliphatic rings. The van der Waals surface area contributed by atoms with Gasteiger partial charge in [0.05, 0.1) is 12.7 Å². The first-order valence-electron chi connectivity index (χ1n) is 6.13. The van der Waals surface area contributed by atoms with Gasteiger partial charge in [0.25, 0.3) is 0 Å². The summed E-state index contributed by atoms with van der Waals surface area (Å²) in [6, 6.07) is 4.10. The van der Waals surface area contributed by atoms with E-state index in [4.69, 9.17) is 22.1 Å². The minimum atomic E-state index is -0.0215. The molecule has 0 bridgehead atoms. The Balaban J connectivity index is 2.24. The maximum absolute atomic E-state index is 6.32. The van der Waals surface area contributed by atoms with Gasteiger partial charge in [-0.15, -0.1) is 0 Å². The molecule has 0 saturated carbocycles. The molecule has 0 amide bonds. The smallest absolute Gasteiger partial charge is 0.0551 e. The first-order valence-corrected chi connectivity index (χ1v) is 6.50. The molecule has 1 saturated heterocycles. The molecule has 0 radical (unpaired) electrons. The molecule has 2 nitrogen and oxygen atoms in total.